The number of nitrogens with one attached hydrogen (secondary N) is 1. The maximum absolute atomic E-state index is 13.9. The maximum atomic E-state index is 13.9. The van der Waals surface area contributed by atoms with Gasteiger partial charge in [0.25, 0.3) is 0 Å². The molecule has 0 amide bonds. The van der Waals surface area contributed by atoms with Crippen molar-refractivity contribution in [1.82, 2.24) is 4.98 Å². The average Bonchev–Trinajstić information content (AvgIpc) is 2.57. The van der Waals surface area contributed by atoms with E-state index in [-0.39, 0.29) is 11.4 Å². The monoisotopic (exact) mass is 361 g/mol. The second-order valence-corrected chi connectivity index (χ2v) is 5.71. The van der Waals surface area contributed by atoms with Crippen molar-refractivity contribution in [3.63, 3.8) is 0 Å². The van der Waals surface area contributed by atoms with Crippen LogP contribution in [0, 0.1) is 17.1 Å². The Bertz CT molecular complexity index is 965. The Balaban J connectivity index is 2.24. The van der Waals surface area contributed by atoms with Crippen molar-refractivity contribution in [2.24, 2.45) is 0 Å². The number of fused-ring (bicyclic) bond motifs is 1. The smallest absolute Gasteiger partial charge is 0.167 e. The molecule has 0 aliphatic carbocycles. The summed E-state index contributed by atoms with van der Waals surface area (Å²) >= 11 is 12.4. The van der Waals surface area contributed by atoms with E-state index in [1.807, 2.05) is 6.07 Å². The molecule has 2 aromatic carbocycles. The summed E-state index contributed by atoms with van der Waals surface area (Å²) in [6.45, 7) is 0. The van der Waals surface area contributed by atoms with Gasteiger partial charge in [-0.2, -0.15) is 5.26 Å². The van der Waals surface area contributed by atoms with Crippen LogP contribution in [0.2, 0.25) is 10.0 Å². The minimum absolute atomic E-state index is 0.0716. The molecule has 0 saturated carbocycles. The second-order valence-electron chi connectivity index (χ2n) is 4.89. The van der Waals surface area contributed by atoms with Gasteiger partial charge < -0.3 is 10.1 Å². The number of benzene rings is 2. The van der Waals surface area contributed by atoms with Gasteiger partial charge in [0.2, 0.25) is 0 Å². The number of hydrogen-bond donors (Lipinski definition) is 1. The van der Waals surface area contributed by atoms with E-state index in [2.05, 4.69) is 10.3 Å². The van der Waals surface area contributed by atoms with Crippen molar-refractivity contribution >= 4 is 45.5 Å². The van der Waals surface area contributed by atoms with E-state index in [0.717, 1.165) is 0 Å². The summed E-state index contributed by atoms with van der Waals surface area (Å²) in [4.78, 5) is 4.11. The van der Waals surface area contributed by atoms with Crippen molar-refractivity contribution in [3.8, 4) is 11.8 Å². The lowest BCUT2D eigenvalue weighted by atomic mass is 10.1. The molecule has 3 rings (SSSR count). The molecule has 0 bridgehead atoms. The summed E-state index contributed by atoms with van der Waals surface area (Å²) in [5.74, 6) is -0.489. The third kappa shape index (κ3) is 2.94. The Morgan fingerprint density at radius 2 is 1.92 bits per heavy atom. The Hall–Kier alpha value is -2.55. The van der Waals surface area contributed by atoms with Crippen molar-refractivity contribution in [3.05, 3.63) is 58.0 Å². The predicted octanol–water partition coefficient (Wildman–Crippen LogP) is 5.30. The van der Waals surface area contributed by atoms with E-state index >= 15 is 0 Å². The molecule has 0 saturated heterocycles. The number of halogens is 3. The largest absolute Gasteiger partial charge is 0.494 e. The number of hydrogen-bond acceptors (Lipinski definition) is 4. The minimum atomic E-state index is -0.561. The first-order valence-corrected chi connectivity index (χ1v) is 7.58. The standard InChI is InChI=1S/C17H10Cl2FN3O/c1-24-16-6-10-14(23-17-11(18)3-2-4-12(17)19)5-9(8-21)22-15(10)7-13(16)20/h2-7H,1H3,(H,22,23). The highest BCUT2D eigenvalue weighted by Gasteiger charge is 2.14. The average molecular weight is 362 g/mol. The molecule has 0 unspecified atom stereocenters. The fourth-order valence-corrected chi connectivity index (χ4v) is 2.79. The third-order valence-electron chi connectivity index (χ3n) is 3.42. The molecule has 0 fully saturated rings. The highest BCUT2D eigenvalue weighted by atomic mass is 35.5. The molecule has 4 nitrogen and oxygen atoms in total. The molecule has 1 N–H and O–H groups in total. The molecule has 0 spiro atoms. The Kier molecular flexibility index (Phi) is 4.43. The summed E-state index contributed by atoms with van der Waals surface area (Å²) in [6, 6.07) is 11.3. The van der Waals surface area contributed by atoms with Crippen molar-refractivity contribution < 1.29 is 9.13 Å². The topological polar surface area (TPSA) is 57.9 Å². The molecule has 0 aliphatic rings. The van der Waals surface area contributed by atoms with Crippen LogP contribution in [-0.2, 0) is 0 Å². The minimum Gasteiger partial charge on any atom is -0.494 e. The summed E-state index contributed by atoms with van der Waals surface area (Å²) in [6.07, 6.45) is 0. The molecule has 0 atom stereocenters. The Morgan fingerprint density at radius 1 is 1.21 bits per heavy atom. The maximum Gasteiger partial charge on any atom is 0.167 e. The molecule has 24 heavy (non-hydrogen) atoms. The number of aromatic nitrogens is 1. The van der Waals surface area contributed by atoms with Gasteiger partial charge in [-0.1, -0.05) is 29.3 Å². The molecule has 0 radical (unpaired) electrons. The molecule has 7 heteroatoms. The third-order valence-corrected chi connectivity index (χ3v) is 4.05. The van der Waals surface area contributed by atoms with Crippen LogP contribution in [0.25, 0.3) is 10.9 Å². The summed E-state index contributed by atoms with van der Waals surface area (Å²) in [5, 5.41) is 13.7. The van der Waals surface area contributed by atoms with Crippen LogP contribution in [0.4, 0.5) is 15.8 Å². The lowest BCUT2D eigenvalue weighted by molar-refractivity contribution is 0.387. The van der Waals surface area contributed by atoms with Gasteiger partial charge >= 0.3 is 0 Å². The van der Waals surface area contributed by atoms with Crippen LogP contribution in [0.3, 0.4) is 0 Å². The number of nitrogens with zero attached hydrogens (tertiary/aromatic N) is 2. The number of anilines is 2. The van der Waals surface area contributed by atoms with Gasteiger partial charge in [-0.25, -0.2) is 9.37 Å². The SMILES string of the molecule is COc1cc2c(Nc3c(Cl)cccc3Cl)cc(C#N)nc2cc1F. The lowest BCUT2D eigenvalue weighted by Crippen LogP contribution is -1.98. The van der Waals surface area contributed by atoms with Crippen LogP contribution in [0.5, 0.6) is 5.75 Å². The van der Waals surface area contributed by atoms with Crippen molar-refractivity contribution in [2.75, 3.05) is 12.4 Å². The van der Waals surface area contributed by atoms with Gasteiger partial charge in [-0.15, -0.1) is 0 Å². The summed E-state index contributed by atoms with van der Waals surface area (Å²) in [7, 11) is 1.37. The van der Waals surface area contributed by atoms with E-state index in [1.54, 1.807) is 24.3 Å². The number of nitriles is 1. The van der Waals surface area contributed by atoms with Crippen LogP contribution < -0.4 is 10.1 Å². The molecule has 0 aliphatic heterocycles. The molecule has 1 heterocycles. The zero-order valence-corrected chi connectivity index (χ0v) is 13.9. The van der Waals surface area contributed by atoms with E-state index < -0.39 is 5.82 Å². The number of rotatable bonds is 3. The van der Waals surface area contributed by atoms with Crippen LogP contribution in [-0.4, -0.2) is 12.1 Å². The normalized spacial score (nSPS) is 10.5. The summed E-state index contributed by atoms with van der Waals surface area (Å²) in [5.41, 5.74) is 1.46. The first-order chi connectivity index (χ1) is 11.5. The van der Waals surface area contributed by atoms with Crippen LogP contribution in [0.1, 0.15) is 5.69 Å². The highest BCUT2D eigenvalue weighted by Crippen LogP contribution is 2.36. The second kappa shape index (κ2) is 6.52. The lowest BCUT2D eigenvalue weighted by Gasteiger charge is -2.14. The Labute approximate surface area is 147 Å². The highest BCUT2D eigenvalue weighted by molar-refractivity contribution is 6.39. The van der Waals surface area contributed by atoms with Gasteiger partial charge in [-0.3, -0.25) is 0 Å². The number of methoxy groups -OCH3 is 1. The molecular formula is C17H10Cl2FN3O. The van der Waals surface area contributed by atoms with Gasteiger partial charge in [-0.05, 0) is 24.3 Å². The number of ether oxygens (including phenoxy) is 1. The van der Waals surface area contributed by atoms with E-state index in [4.69, 9.17) is 33.2 Å². The number of para-hydroxylation sites is 1. The van der Waals surface area contributed by atoms with Gasteiger partial charge in [0.1, 0.15) is 11.8 Å². The van der Waals surface area contributed by atoms with E-state index in [1.165, 1.54) is 19.2 Å². The zero-order chi connectivity index (χ0) is 17.3. The van der Waals surface area contributed by atoms with Gasteiger partial charge in [0, 0.05) is 11.5 Å². The molecule has 3 aromatic rings. The van der Waals surface area contributed by atoms with Gasteiger partial charge in [0.05, 0.1) is 34.0 Å². The Morgan fingerprint density at radius 3 is 2.54 bits per heavy atom. The van der Waals surface area contributed by atoms with Crippen molar-refractivity contribution in [2.45, 2.75) is 0 Å². The van der Waals surface area contributed by atoms with Crippen LogP contribution in [0.15, 0.2) is 36.4 Å². The number of pyridine rings is 1. The molecule has 120 valence electrons. The quantitative estimate of drug-likeness (QED) is 0.687. The predicted molar refractivity (Wildman–Crippen MR) is 92.7 cm³/mol. The van der Waals surface area contributed by atoms with E-state index in [9.17, 15) is 4.39 Å². The van der Waals surface area contributed by atoms with Crippen LogP contribution >= 0.6 is 23.2 Å². The fourth-order valence-electron chi connectivity index (χ4n) is 2.30. The van der Waals surface area contributed by atoms with Crippen molar-refractivity contribution in [1.29, 1.82) is 5.26 Å². The van der Waals surface area contributed by atoms with E-state index in [0.29, 0.717) is 32.3 Å². The molecule has 1 aromatic heterocycles. The van der Waals surface area contributed by atoms with Gasteiger partial charge in [0.15, 0.2) is 11.6 Å². The molecular weight excluding hydrogens is 352 g/mol. The fraction of sp³-hybridized carbons (Fsp3) is 0.0588. The first kappa shape index (κ1) is 16.3. The summed E-state index contributed by atoms with van der Waals surface area (Å²) < 4.78 is 18.9. The first-order valence-electron chi connectivity index (χ1n) is 6.83. The zero-order valence-electron chi connectivity index (χ0n) is 12.4.